The minimum absolute atomic E-state index is 0.125. The van der Waals surface area contributed by atoms with Crippen LogP contribution in [-0.2, 0) is 14.3 Å². The topological polar surface area (TPSA) is 61.9 Å². The number of ether oxygens (including phenoxy) is 1. The lowest BCUT2D eigenvalue weighted by molar-refractivity contribution is -0.144. The minimum Gasteiger partial charge on any atom is -0.455 e. The summed E-state index contributed by atoms with van der Waals surface area (Å²) in [6.45, 7) is 1.61. The van der Waals surface area contributed by atoms with Crippen LogP contribution in [0.2, 0.25) is 0 Å². The average Bonchev–Trinajstić information content (AvgIpc) is 3.13. The molecule has 1 amide bonds. The van der Waals surface area contributed by atoms with Crippen LogP contribution in [0.1, 0.15) is 12.8 Å². The maximum absolute atomic E-state index is 11.8. The molecule has 25 heavy (non-hydrogen) atoms. The van der Waals surface area contributed by atoms with Crippen molar-refractivity contribution in [1.29, 1.82) is 0 Å². The molecule has 0 unspecified atom stereocenters. The molecule has 0 saturated carbocycles. The second-order valence-corrected chi connectivity index (χ2v) is 7.51. The smallest absolute Gasteiger partial charge is 0.316 e. The largest absolute Gasteiger partial charge is 0.455 e. The Morgan fingerprint density at radius 2 is 1.88 bits per heavy atom. The molecule has 0 aliphatic carbocycles. The predicted octanol–water partition coefficient (Wildman–Crippen LogP) is 2.35. The molecule has 6 nitrogen and oxygen atoms in total. The first-order valence-electron chi connectivity index (χ1n) is 8.10. The summed E-state index contributed by atoms with van der Waals surface area (Å²) in [5, 5.41) is 2.70. The number of amides is 1. The molecule has 1 aliphatic rings. The van der Waals surface area contributed by atoms with Gasteiger partial charge in [-0.1, -0.05) is 24.0 Å². The van der Waals surface area contributed by atoms with Gasteiger partial charge in [-0.2, -0.15) is 0 Å². The molecule has 1 aliphatic heterocycles. The highest BCUT2D eigenvalue weighted by Crippen LogP contribution is 2.17. The van der Waals surface area contributed by atoms with Crippen molar-refractivity contribution >= 4 is 51.6 Å². The molecule has 0 spiro atoms. The lowest BCUT2D eigenvalue weighted by atomic mass is 10.2. The molecule has 1 aromatic carbocycles. The molecule has 1 saturated heterocycles. The van der Waals surface area contributed by atoms with E-state index >= 15 is 0 Å². The summed E-state index contributed by atoms with van der Waals surface area (Å²) in [6.07, 6.45) is 2.28. The standard InChI is InChI=1S/C17H23N3O3S2/c1-19(2)14-7-5-13(6-8-14)18-15(21)11-23-16(22)12-25-17(24)20-9-3-4-10-20/h5-8H,3-4,9-12H2,1-2H3,(H,18,21). The number of thiocarbonyl (C=S) groups is 1. The van der Waals surface area contributed by atoms with Crippen LogP contribution in [0.5, 0.6) is 0 Å². The van der Waals surface area contributed by atoms with E-state index in [-0.39, 0.29) is 18.3 Å². The van der Waals surface area contributed by atoms with Crippen molar-refractivity contribution in [2.45, 2.75) is 12.8 Å². The molecule has 136 valence electrons. The maximum Gasteiger partial charge on any atom is 0.316 e. The average molecular weight is 382 g/mol. The number of esters is 1. The van der Waals surface area contributed by atoms with Gasteiger partial charge in [0.2, 0.25) is 0 Å². The normalized spacial score (nSPS) is 13.4. The van der Waals surface area contributed by atoms with Gasteiger partial charge in [0.25, 0.3) is 5.91 Å². The van der Waals surface area contributed by atoms with Crippen LogP contribution in [0.25, 0.3) is 0 Å². The van der Waals surface area contributed by atoms with Gasteiger partial charge >= 0.3 is 5.97 Å². The van der Waals surface area contributed by atoms with Gasteiger partial charge in [-0.3, -0.25) is 9.59 Å². The van der Waals surface area contributed by atoms with Gasteiger partial charge in [0.05, 0.1) is 5.75 Å². The lowest BCUT2D eigenvalue weighted by Crippen LogP contribution is -2.25. The highest BCUT2D eigenvalue weighted by molar-refractivity contribution is 8.23. The number of carbonyl (C=O) groups is 2. The monoisotopic (exact) mass is 381 g/mol. The zero-order valence-corrected chi connectivity index (χ0v) is 16.1. The van der Waals surface area contributed by atoms with E-state index in [9.17, 15) is 9.59 Å². The van der Waals surface area contributed by atoms with Crippen LogP contribution < -0.4 is 10.2 Å². The third-order valence-electron chi connectivity index (χ3n) is 3.71. The van der Waals surface area contributed by atoms with Gasteiger partial charge in [-0.05, 0) is 37.1 Å². The first-order valence-corrected chi connectivity index (χ1v) is 9.49. The van der Waals surface area contributed by atoms with E-state index in [0.717, 1.165) is 35.9 Å². The van der Waals surface area contributed by atoms with E-state index in [1.54, 1.807) is 12.1 Å². The summed E-state index contributed by atoms with van der Waals surface area (Å²) in [6, 6.07) is 7.41. The molecular formula is C17H23N3O3S2. The zero-order chi connectivity index (χ0) is 18.2. The number of likely N-dealkylation sites (tertiary alicyclic amines) is 1. The molecule has 1 N–H and O–H groups in total. The summed E-state index contributed by atoms with van der Waals surface area (Å²) in [5.74, 6) is -0.678. The van der Waals surface area contributed by atoms with Gasteiger partial charge in [0.15, 0.2) is 6.61 Å². The minimum atomic E-state index is -0.440. The molecule has 0 bridgehead atoms. The molecule has 1 fully saturated rings. The van der Waals surface area contributed by atoms with Crippen LogP contribution >= 0.6 is 24.0 Å². The van der Waals surface area contributed by atoms with Crippen LogP contribution in [-0.4, -0.2) is 60.6 Å². The Morgan fingerprint density at radius 1 is 1.24 bits per heavy atom. The molecule has 0 radical (unpaired) electrons. The van der Waals surface area contributed by atoms with Crippen molar-refractivity contribution in [1.82, 2.24) is 4.90 Å². The van der Waals surface area contributed by atoms with Crippen LogP contribution in [0, 0.1) is 0 Å². The Labute approximate surface area is 157 Å². The Balaban J connectivity index is 1.66. The van der Waals surface area contributed by atoms with Crippen LogP contribution in [0.15, 0.2) is 24.3 Å². The highest BCUT2D eigenvalue weighted by atomic mass is 32.2. The van der Waals surface area contributed by atoms with Crippen molar-refractivity contribution in [3.63, 3.8) is 0 Å². The third-order valence-corrected chi connectivity index (χ3v) is 5.21. The number of hydrogen-bond acceptors (Lipinski definition) is 6. The first kappa shape index (κ1) is 19.5. The zero-order valence-electron chi connectivity index (χ0n) is 14.5. The Hall–Kier alpha value is -1.80. The van der Waals surface area contributed by atoms with Gasteiger partial charge in [-0.25, -0.2) is 0 Å². The summed E-state index contributed by atoms with van der Waals surface area (Å²) < 4.78 is 5.71. The van der Waals surface area contributed by atoms with E-state index in [4.69, 9.17) is 17.0 Å². The number of benzene rings is 1. The SMILES string of the molecule is CN(C)c1ccc(NC(=O)COC(=O)CSC(=S)N2CCCC2)cc1. The van der Waals surface area contributed by atoms with Crippen LogP contribution in [0.3, 0.4) is 0 Å². The van der Waals surface area contributed by atoms with Crippen molar-refractivity contribution in [3.05, 3.63) is 24.3 Å². The van der Waals surface area contributed by atoms with Crippen molar-refractivity contribution in [2.75, 3.05) is 49.8 Å². The fourth-order valence-corrected chi connectivity index (χ4v) is 3.39. The molecule has 2 rings (SSSR count). The van der Waals surface area contributed by atoms with Crippen LogP contribution in [0.4, 0.5) is 11.4 Å². The fraction of sp³-hybridized carbons (Fsp3) is 0.471. The highest BCUT2D eigenvalue weighted by Gasteiger charge is 2.17. The van der Waals surface area contributed by atoms with Crippen molar-refractivity contribution < 1.29 is 14.3 Å². The van der Waals surface area contributed by atoms with Gasteiger partial charge in [0, 0.05) is 38.6 Å². The van der Waals surface area contributed by atoms with E-state index < -0.39 is 5.97 Å². The molecule has 0 aromatic heterocycles. The van der Waals surface area contributed by atoms with E-state index in [1.165, 1.54) is 11.8 Å². The number of hydrogen-bond donors (Lipinski definition) is 1. The van der Waals surface area contributed by atoms with E-state index in [1.807, 2.05) is 31.1 Å². The number of thioether (sulfide) groups is 1. The number of nitrogens with zero attached hydrogens (tertiary/aromatic N) is 2. The van der Waals surface area contributed by atoms with E-state index in [2.05, 4.69) is 10.2 Å². The molecule has 1 heterocycles. The molecule has 1 aromatic rings. The molecule has 8 heteroatoms. The summed E-state index contributed by atoms with van der Waals surface area (Å²) in [7, 11) is 3.89. The Bertz CT molecular complexity index is 614. The Morgan fingerprint density at radius 3 is 2.48 bits per heavy atom. The first-order chi connectivity index (χ1) is 12.0. The van der Waals surface area contributed by atoms with E-state index in [0.29, 0.717) is 5.69 Å². The second-order valence-electron chi connectivity index (χ2n) is 5.90. The quantitative estimate of drug-likeness (QED) is 0.599. The predicted molar refractivity (Wildman–Crippen MR) is 106 cm³/mol. The number of nitrogens with one attached hydrogen (secondary N) is 1. The molecule has 0 atom stereocenters. The number of anilines is 2. The van der Waals surface area contributed by atoms with Crippen molar-refractivity contribution in [3.8, 4) is 0 Å². The number of carbonyl (C=O) groups excluding carboxylic acids is 2. The fourth-order valence-electron chi connectivity index (χ4n) is 2.34. The summed E-state index contributed by atoms with van der Waals surface area (Å²) in [4.78, 5) is 27.6. The van der Waals surface area contributed by atoms with Gasteiger partial charge in [-0.15, -0.1) is 0 Å². The van der Waals surface area contributed by atoms with Crippen molar-refractivity contribution in [2.24, 2.45) is 0 Å². The number of rotatable bonds is 6. The van der Waals surface area contributed by atoms with Gasteiger partial charge in [0.1, 0.15) is 4.32 Å². The summed E-state index contributed by atoms with van der Waals surface area (Å²) in [5.41, 5.74) is 1.70. The third kappa shape index (κ3) is 6.55. The Kier molecular flexibility index (Phi) is 7.52. The summed E-state index contributed by atoms with van der Waals surface area (Å²) >= 11 is 6.57. The maximum atomic E-state index is 11.8. The van der Waals surface area contributed by atoms with Gasteiger partial charge < -0.3 is 19.9 Å². The second kappa shape index (κ2) is 9.62. The lowest BCUT2D eigenvalue weighted by Gasteiger charge is -2.17. The molecular weight excluding hydrogens is 358 g/mol.